The minimum absolute atomic E-state index is 0.493. The predicted molar refractivity (Wildman–Crippen MR) is 142 cm³/mol. The van der Waals surface area contributed by atoms with E-state index in [9.17, 15) is 9.90 Å². The number of carboxylic acid groups (broad SMARTS) is 1. The van der Waals surface area contributed by atoms with Gasteiger partial charge in [0.2, 0.25) is 5.89 Å². The number of hydrogen-bond acceptors (Lipinski definition) is 6. The van der Waals surface area contributed by atoms with Gasteiger partial charge >= 0.3 is 5.97 Å². The molecule has 2 aromatic carbocycles. The predicted octanol–water partition coefficient (Wildman–Crippen LogP) is 6.51. The van der Waals surface area contributed by atoms with E-state index in [-0.39, 0.29) is 0 Å². The van der Waals surface area contributed by atoms with Crippen LogP contribution in [0.25, 0.3) is 10.8 Å². The number of oxazole rings is 1. The Balaban J connectivity index is 1.35. The van der Waals surface area contributed by atoms with E-state index in [1.54, 1.807) is 11.3 Å². The Bertz CT molecular complexity index is 1260. The second kappa shape index (κ2) is 12.0. The highest BCUT2D eigenvalue weighted by Gasteiger charge is 2.24. The van der Waals surface area contributed by atoms with Crippen molar-refractivity contribution in [1.82, 2.24) is 9.88 Å². The third-order valence-electron chi connectivity index (χ3n) is 6.10. The summed E-state index contributed by atoms with van der Waals surface area (Å²) in [6.45, 7) is 7.53. The van der Waals surface area contributed by atoms with E-state index in [2.05, 4.69) is 18.0 Å². The molecule has 0 bridgehead atoms. The number of thiophene rings is 1. The number of rotatable bonds is 12. The highest BCUT2D eigenvalue weighted by molar-refractivity contribution is 7.15. The van der Waals surface area contributed by atoms with Gasteiger partial charge in [0.25, 0.3) is 0 Å². The Labute approximate surface area is 216 Å². The van der Waals surface area contributed by atoms with E-state index in [1.807, 2.05) is 79.4 Å². The highest BCUT2D eigenvalue weighted by Crippen LogP contribution is 2.28. The van der Waals surface area contributed by atoms with Crippen LogP contribution in [-0.2, 0) is 24.3 Å². The minimum Gasteiger partial charge on any atom is -0.493 e. The summed E-state index contributed by atoms with van der Waals surface area (Å²) >= 11 is 1.67. The first kappa shape index (κ1) is 25.7. The minimum atomic E-state index is -0.797. The number of nitrogens with zero attached hydrogens (tertiary/aromatic N) is 2. The van der Waals surface area contributed by atoms with Crippen LogP contribution < -0.4 is 4.74 Å². The number of aryl methyl sites for hydroxylation is 2. The van der Waals surface area contributed by atoms with Crippen molar-refractivity contribution >= 4 is 17.3 Å². The van der Waals surface area contributed by atoms with Crippen LogP contribution in [0.15, 0.2) is 71.1 Å². The van der Waals surface area contributed by atoms with Crippen molar-refractivity contribution in [3.05, 3.63) is 94.2 Å². The number of aliphatic carboxylic acids is 1. The molecule has 6 nitrogen and oxygen atoms in total. The Morgan fingerprint density at radius 2 is 1.72 bits per heavy atom. The Kier molecular flexibility index (Phi) is 8.57. The van der Waals surface area contributed by atoms with Crippen LogP contribution in [0.3, 0.4) is 0 Å². The van der Waals surface area contributed by atoms with Crippen molar-refractivity contribution in [3.63, 3.8) is 0 Å². The number of benzene rings is 2. The van der Waals surface area contributed by atoms with E-state index in [4.69, 9.17) is 9.15 Å². The van der Waals surface area contributed by atoms with Gasteiger partial charge in [-0.3, -0.25) is 9.69 Å². The van der Waals surface area contributed by atoms with Crippen molar-refractivity contribution in [2.24, 2.45) is 0 Å². The molecule has 0 spiro atoms. The lowest BCUT2D eigenvalue weighted by atomic mass is 10.1. The lowest BCUT2D eigenvalue weighted by Crippen LogP contribution is -2.39. The van der Waals surface area contributed by atoms with Gasteiger partial charge in [-0.15, -0.1) is 11.3 Å². The van der Waals surface area contributed by atoms with E-state index in [0.717, 1.165) is 33.2 Å². The molecular formula is C29H32N2O4S. The van der Waals surface area contributed by atoms with Gasteiger partial charge in [-0.1, -0.05) is 49.4 Å². The maximum Gasteiger partial charge on any atom is 0.320 e. The summed E-state index contributed by atoms with van der Waals surface area (Å²) in [5, 5.41) is 9.75. The molecule has 0 aliphatic carbocycles. The molecule has 0 aliphatic heterocycles. The third-order valence-corrected chi connectivity index (χ3v) is 7.09. The molecule has 0 fully saturated rings. The van der Waals surface area contributed by atoms with Crippen molar-refractivity contribution < 1.29 is 19.1 Å². The molecule has 1 unspecified atom stereocenters. The Morgan fingerprint density at radius 1 is 1.03 bits per heavy atom. The molecule has 1 N–H and O–H groups in total. The van der Waals surface area contributed by atoms with Gasteiger partial charge in [0.05, 0.1) is 17.2 Å². The molecule has 7 heteroatoms. The summed E-state index contributed by atoms with van der Waals surface area (Å²) in [6, 6.07) is 21.4. The maximum atomic E-state index is 11.9. The number of hydrogen-bond donors (Lipinski definition) is 1. The second-order valence-electron chi connectivity index (χ2n) is 8.83. The summed E-state index contributed by atoms with van der Waals surface area (Å²) in [5.41, 5.74) is 3.04. The Morgan fingerprint density at radius 3 is 2.33 bits per heavy atom. The molecule has 0 radical (unpaired) electrons. The fourth-order valence-corrected chi connectivity index (χ4v) is 4.98. The maximum absolute atomic E-state index is 11.9. The largest absolute Gasteiger partial charge is 0.493 e. The molecule has 0 amide bonds. The normalized spacial score (nSPS) is 12.1. The van der Waals surface area contributed by atoms with Crippen molar-refractivity contribution in [2.45, 2.75) is 52.7 Å². The number of carbonyl (C=O) groups is 1. The molecule has 0 aliphatic rings. The average Bonchev–Trinajstić information content (AvgIpc) is 3.46. The van der Waals surface area contributed by atoms with Gasteiger partial charge in [0.15, 0.2) is 0 Å². The van der Waals surface area contributed by atoms with Gasteiger partial charge in [0, 0.05) is 24.4 Å². The van der Waals surface area contributed by atoms with Gasteiger partial charge in [-0.2, -0.15) is 0 Å². The van der Waals surface area contributed by atoms with E-state index in [1.165, 1.54) is 4.88 Å². The van der Waals surface area contributed by atoms with Crippen LogP contribution in [0.4, 0.5) is 0 Å². The summed E-state index contributed by atoms with van der Waals surface area (Å²) < 4.78 is 11.8. The summed E-state index contributed by atoms with van der Waals surface area (Å²) in [4.78, 5) is 20.8. The molecule has 0 saturated heterocycles. The van der Waals surface area contributed by atoms with Crippen molar-refractivity contribution in [2.75, 3.05) is 6.61 Å². The van der Waals surface area contributed by atoms with Gasteiger partial charge in [-0.25, -0.2) is 4.98 Å². The van der Waals surface area contributed by atoms with Crippen molar-refractivity contribution in [1.29, 1.82) is 0 Å². The zero-order chi connectivity index (χ0) is 25.5. The van der Waals surface area contributed by atoms with E-state index >= 15 is 0 Å². The monoisotopic (exact) mass is 504 g/mol. The van der Waals surface area contributed by atoms with E-state index in [0.29, 0.717) is 38.4 Å². The first-order valence-electron chi connectivity index (χ1n) is 12.2. The first-order chi connectivity index (χ1) is 17.4. The third kappa shape index (κ3) is 6.62. The number of carboxylic acids is 1. The first-order valence-corrected chi connectivity index (χ1v) is 13.0. The highest BCUT2D eigenvalue weighted by atomic mass is 32.1. The fourth-order valence-electron chi connectivity index (χ4n) is 4.19. The van der Waals surface area contributed by atoms with Crippen LogP contribution >= 0.6 is 11.3 Å². The summed E-state index contributed by atoms with van der Waals surface area (Å²) in [6.07, 6.45) is 1.20. The standard InChI is InChI=1S/C29H32N2O4S/c1-4-26(29(32)33)31(18-22-8-6-5-7-9-22)19-23-11-13-24(14-12-23)34-17-16-25-21(3)35-28(30-25)27-15-10-20(2)36-27/h5-15,26H,4,16-19H2,1-3H3,(H,32,33). The molecule has 4 rings (SSSR count). The van der Waals surface area contributed by atoms with Crippen LogP contribution in [-0.4, -0.2) is 33.6 Å². The molecule has 0 saturated carbocycles. The SMILES string of the molecule is CCC(C(=O)O)N(Cc1ccccc1)Cc1ccc(OCCc2nc(-c3ccc(C)s3)oc2C)cc1. The Hall–Kier alpha value is -3.42. The number of ether oxygens (including phenoxy) is 1. The molecule has 188 valence electrons. The lowest BCUT2D eigenvalue weighted by molar-refractivity contribution is -0.144. The van der Waals surface area contributed by atoms with Crippen LogP contribution in [0.2, 0.25) is 0 Å². The summed E-state index contributed by atoms with van der Waals surface area (Å²) in [7, 11) is 0. The van der Waals surface area contributed by atoms with Gasteiger partial charge in [-0.05, 0) is 55.7 Å². The molecule has 36 heavy (non-hydrogen) atoms. The summed E-state index contributed by atoms with van der Waals surface area (Å²) in [5.74, 6) is 1.46. The molecule has 4 aromatic rings. The van der Waals surface area contributed by atoms with Crippen molar-refractivity contribution in [3.8, 4) is 16.5 Å². The number of aromatic nitrogens is 1. The smallest absolute Gasteiger partial charge is 0.320 e. The van der Waals surface area contributed by atoms with E-state index < -0.39 is 12.0 Å². The van der Waals surface area contributed by atoms with Crippen LogP contribution in [0.1, 0.15) is 40.8 Å². The molecular weight excluding hydrogens is 472 g/mol. The second-order valence-corrected chi connectivity index (χ2v) is 10.1. The van der Waals surface area contributed by atoms with Gasteiger partial charge in [0.1, 0.15) is 17.6 Å². The quantitative estimate of drug-likeness (QED) is 0.237. The molecule has 2 aromatic heterocycles. The van der Waals surface area contributed by atoms with Crippen LogP contribution in [0, 0.1) is 13.8 Å². The lowest BCUT2D eigenvalue weighted by Gasteiger charge is -2.28. The zero-order valence-corrected chi connectivity index (χ0v) is 21.8. The zero-order valence-electron chi connectivity index (χ0n) is 20.9. The fraction of sp³-hybridized carbons (Fsp3) is 0.310. The van der Waals surface area contributed by atoms with Crippen LogP contribution in [0.5, 0.6) is 5.75 Å². The molecule has 2 heterocycles. The van der Waals surface area contributed by atoms with Gasteiger partial charge < -0.3 is 14.3 Å². The average molecular weight is 505 g/mol. The molecule has 1 atom stereocenters. The topological polar surface area (TPSA) is 75.8 Å².